The van der Waals surface area contributed by atoms with E-state index in [1.54, 1.807) is 6.07 Å². The van der Waals surface area contributed by atoms with Crippen LogP contribution in [0.2, 0.25) is 0 Å². The molecule has 0 aliphatic carbocycles. The van der Waals surface area contributed by atoms with Gasteiger partial charge in [0.1, 0.15) is 0 Å². The Labute approximate surface area is 74.0 Å². The van der Waals surface area contributed by atoms with Gasteiger partial charge in [0.05, 0.1) is 6.07 Å². The van der Waals surface area contributed by atoms with Gasteiger partial charge in [0.2, 0.25) is 0 Å². The van der Waals surface area contributed by atoms with Crippen LogP contribution in [0.4, 0.5) is 8.78 Å². The summed E-state index contributed by atoms with van der Waals surface area (Å²) >= 11 is 0. The van der Waals surface area contributed by atoms with Crippen molar-refractivity contribution in [3.05, 3.63) is 35.9 Å². The lowest BCUT2D eigenvalue weighted by Crippen LogP contribution is -2.22. The second-order valence-corrected chi connectivity index (χ2v) is 2.53. The van der Waals surface area contributed by atoms with Crippen LogP contribution >= 0.6 is 0 Å². The minimum Gasteiger partial charge on any atom is -0.197 e. The van der Waals surface area contributed by atoms with Gasteiger partial charge < -0.3 is 0 Å². The van der Waals surface area contributed by atoms with E-state index in [9.17, 15) is 13.9 Å². The predicted molar refractivity (Wildman–Crippen MR) is 40.4 cm³/mol. The fourth-order valence-corrected chi connectivity index (χ4v) is 0.989. The molecule has 1 aromatic carbocycles. The molecule has 4 heteroatoms. The summed E-state index contributed by atoms with van der Waals surface area (Å²) in [4.78, 5) is 0. The number of halogens is 2. The summed E-state index contributed by atoms with van der Waals surface area (Å²) in [6.07, 6.45) is -4.24. The zero-order chi connectivity index (χ0) is 9.90. The Bertz CT molecular complexity index is 313. The van der Waals surface area contributed by atoms with Gasteiger partial charge in [0.25, 0.3) is 0 Å². The average Bonchev–Trinajstić information content (AvgIpc) is 2.05. The number of rotatable bonds is 2. The van der Waals surface area contributed by atoms with Gasteiger partial charge in [-0.15, -0.1) is 0 Å². The molecule has 0 aliphatic rings. The molecule has 1 rings (SSSR count). The molecule has 1 unspecified atom stereocenters. The Morgan fingerprint density at radius 3 is 2.23 bits per heavy atom. The zero-order valence-corrected chi connectivity index (χ0v) is 6.58. The first-order chi connectivity index (χ1) is 6.05. The quantitative estimate of drug-likeness (QED) is 0.692. The topological polar surface area (TPSA) is 43.7 Å². The van der Waals surface area contributed by atoms with E-state index < -0.39 is 12.0 Å². The Kier molecular flexibility index (Phi) is 2.59. The lowest BCUT2D eigenvalue weighted by atomic mass is 10.00. The van der Waals surface area contributed by atoms with Gasteiger partial charge in [-0.25, -0.2) is 0 Å². The summed E-state index contributed by atoms with van der Waals surface area (Å²) < 4.78 is 24.6. The molecule has 2 nitrogen and oxygen atoms in total. The molecule has 0 saturated carbocycles. The van der Waals surface area contributed by atoms with Crippen molar-refractivity contribution in [3.8, 4) is 6.07 Å². The second kappa shape index (κ2) is 3.50. The number of hydrogen-bond acceptors (Lipinski definition) is 1. The third-order valence-electron chi connectivity index (χ3n) is 1.60. The molecule has 0 heterocycles. The Morgan fingerprint density at radius 1 is 1.31 bits per heavy atom. The molecular weight excluding hydrogens is 176 g/mol. The standard InChI is InChI=1S/C9H6F2NO/c10-9(11,13)8(6-12)7-4-2-1-3-5-7/h1-5,8H. The minimum atomic E-state index is -4.24. The van der Waals surface area contributed by atoms with Crippen LogP contribution in [0.5, 0.6) is 0 Å². The van der Waals surface area contributed by atoms with Crippen LogP contribution in [0.25, 0.3) is 0 Å². The molecule has 0 bridgehead atoms. The molecule has 1 aromatic rings. The summed E-state index contributed by atoms with van der Waals surface area (Å²) in [5.41, 5.74) is 0.0463. The van der Waals surface area contributed by atoms with Crippen LogP contribution in [0, 0.1) is 11.3 Å². The molecule has 0 spiro atoms. The third-order valence-corrected chi connectivity index (χ3v) is 1.60. The highest BCUT2D eigenvalue weighted by atomic mass is 19.3. The summed E-state index contributed by atoms with van der Waals surface area (Å²) in [7, 11) is 0. The SMILES string of the molecule is N#CC(c1ccccc1)C([O])(F)F. The smallest absolute Gasteiger partial charge is 0.197 e. The largest absolute Gasteiger partial charge is 0.400 e. The number of benzene rings is 1. The molecule has 0 aromatic heterocycles. The molecule has 0 saturated heterocycles. The normalized spacial score (nSPS) is 13.4. The van der Waals surface area contributed by atoms with Gasteiger partial charge in [-0.2, -0.15) is 19.1 Å². The maximum absolute atomic E-state index is 12.3. The fourth-order valence-electron chi connectivity index (χ4n) is 0.989. The predicted octanol–water partition coefficient (Wildman–Crippen LogP) is 2.32. The lowest BCUT2D eigenvalue weighted by Gasteiger charge is -2.12. The van der Waals surface area contributed by atoms with Crippen LogP contribution in [0.15, 0.2) is 30.3 Å². The van der Waals surface area contributed by atoms with Gasteiger partial charge in [0.15, 0.2) is 5.92 Å². The van der Waals surface area contributed by atoms with E-state index in [2.05, 4.69) is 0 Å². The Morgan fingerprint density at radius 2 is 1.85 bits per heavy atom. The molecule has 0 fully saturated rings. The van der Waals surface area contributed by atoms with E-state index in [-0.39, 0.29) is 5.56 Å². The minimum absolute atomic E-state index is 0.0463. The Hall–Kier alpha value is -1.47. The number of nitriles is 1. The summed E-state index contributed by atoms with van der Waals surface area (Å²) in [5.74, 6) is -1.91. The second-order valence-electron chi connectivity index (χ2n) is 2.53. The fraction of sp³-hybridized carbons (Fsp3) is 0.222. The van der Waals surface area contributed by atoms with Crippen molar-refractivity contribution in [1.82, 2.24) is 0 Å². The molecule has 0 N–H and O–H groups in total. The van der Waals surface area contributed by atoms with E-state index in [0.29, 0.717) is 0 Å². The van der Waals surface area contributed by atoms with Crippen LogP contribution in [-0.4, -0.2) is 6.11 Å². The molecule has 1 radical (unpaired) electrons. The van der Waals surface area contributed by atoms with E-state index in [0.717, 1.165) is 0 Å². The van der Waals surface area contributed by atoms with E-state index in [4.69, 9.17) is 5.26 Å². The monoisotopic (exact) mass is 182 g/mol. The van der Waals surface area contributed by atoms with E-state index in [1.165, 1.54) is 30.3 Å². The van der Waals surface area contributed by atoms with Crippen molar-refractivity contribution >= 4 is 0 Å². The first kappa shape index (κ1) is 9.62. The van der Waals surface area contributed by atoms with Crippen molar-refractivity contribution in [2.75, 3.05) is 0 Å². The van der Waals surface area contributed by atoms with E-state index in [1.807, 2.05) is 0 Å². The van der Waals surface area contributed by atoms with Crippen molar-refractivity contribution in [1.29, 1.82) is 5.26 Å². The van der Waals surface area contributed by atoms with Crippen molar-refractivity contribution < 1.29 is 13.9 Å². The molecule has 1 atom stereocenters. The average molecular weight is 182 g/mol. The molecule has 0 amide bonds. The summed E-state index contributed by atoms with van der Waals surface area (Å²) in [5, 5.41) is 18.7. The third kappa shape index (κ3) is 2.23. The van der Waals surface area contributed by atoms with Crippen LogP contribution in [-0.2, 0) is 5.11 Å². The first-order valence-electron chi connectivity index (χ1n) is 3.58. The summed E-state index contributed by atoms with van der Waals surface area (Å²) in [6.45, 7) is 0. The van der Waals surface area contributed by atoms with Gasteiger partial charge in [0, 0.05) is 0 Å². The van der Waals surface area contributed by atoms with E-state index >= 15 is 0 Å². The molecule has 13 heavy (non-hydrogen) atoms. The van der Waals surface area contributed by atoms with Gasteiger partial charge in [-0.3, -0.25) is 0 Å². The highest BCUT2D eigenvalue weighted by molar-refractivity contribution is 5.26. The number of nitrogens with zero attached hydrogens (tertiary/aromatic N) is 1. The Balaban J connectivity index is 3.01. The van der Waals surface area contributed by atoms with Crippen LogP contribution in [0.3, 0.4) is 0 Å². The zero-order valence-electron chi connectivity index (χ0n) is 6.58. The first-order valence-corrected chi connectivity index (χ1v) is 3.58. The van der Waals surface area contributed by atoms with Crippen molar-refractivity contribution in [2.24, 2.45) is 0 Å². The maximum Gasteiger partial charge on any atom is 0.400 e. The van der Waals surface area contributed by atoms with Gasteiger partial charge >= 0.3 is 6.11 Å². The highest BCUT2D eigenvalue weighted by Crippen LogP contribution is 2.30. The van der Waals surface area contributed by atoms with Crippen molar-refractivity contribution in [3.63, 3.8) is 0 Å². The highest BCUT2D eigenvalue weighted by Gasteiger charge is 2.40. The maximum atomic E-state index is 12.3. The number of hydrogen-bond donors (Lipinski definition) is 0. The molecular formula is C9H6F2NO. The number of alkyl halides is 2. The van der Waals surface area contributed by atoms with Gasteiger partial charge in [-0.1, -0.05) is 30.3 Å². The van der Waals surface area contributed by atoms with Crippen LogP contribution < -0.4 is 0 Å². The van der Waals surface area contributed by atoms with Gasteiger partial charge in [-0.05, 0) is 5.56 Å². The summed E-state index contributed by atoms with van der Waals surface area (Å²) in [6, 6.07) is 8.60. The molecule has 0 aliphatic heterocycles. The van der Waals surface area contributed by atoms with Crippen LogP contribution in [0.1, 0.15) is 11.5 Å². The molecule has 67 valence electrons. The van der Waals surface area contributed by atoms with Crippen molar-refractivity contribution in [2.45, 2.75) is 12.0 Å². The lowest BCUT2D eigenvalue weighted by molar-refractivity contribution is -0.248.